The lowest BCUT2D eigenvalue weighted by Crippen LogP contribution is -2.32. The second kappa shape index (κ2) is 9.52. The van der Waals surface area contributed by atoms with Gasteiger partial charge in [0.25, 0.3) is 0 Å². The van der Waals surface area contributed by atoms with Gasteiger partial charge in [0.05, 0.1) is 4.90 Å². The number of nitrogens with two attached hydrogens (primary N) is 1. The van der Waals surface area contributed by atoms with Crippen LogP contribution in [0.1, 0.15) is 39.5 Å². The Balaban J connectivity index is 0.00000312. The van der Waals surface area contributed by atoms with E-state index in [0.717, 1.165) is 19.3 Å². The monoisotopic (exact) mass is 389 g/mol. The Morgan fingerprint density at radius 2 is 2.08 bits per heavy atom. The summed E-state index contributed by atoms with van der Waals surface area (Å²) in [5.41, 5.74) is 6.22. The van der Waals surface area contributed by atoms with Crippen LogP contribution in [0.2, 0.25) is 0 Å². The lowest BCUT2D eigenvalue weighted by Gasteiger charge is -2.18. The Labute approximate surface area is 156 Å². The Morgan fingerprint density at radius 3 is 2.72 bits per heavy atom. The van der Waals surface area contributed by atoms with Gasteiger partial charge in [-0.3, -0.25) is 4.79 Å². The second-order valence-electron chi connectivity index (χ2n) is 6.48. The lowest BCUT2D eigenvalue weighted by atomic mass is 9.95. The van der Waals surface area contributed by atoms with Crippen LogP contribution in [0.4, 0.5) is 5.69 Å². The van der Waals surface area contributed by atoms with Gasteiger partial charge in [-0.2, -0.15) is 0 Å². The summed E-state index contributed by atoms with van der Waals surface area (Å²) in [4.78, 5) is 12.6. The third-order valence-corrected chi connectivity index (χ3v) is 6.27. The maximum absolute atomic E-state index is 12.4. The van der Waals surface area contributed by atoms with Crippen LogP contribution in [0.25, 0.3) is 0 Å². The minimum Gasteiger partial charge on any atom is -0.330 e. The van der Waals surface area contributed by atoms with E-state index in [1.165, 1.54) is 12.1 Å². The van der Waals surface area contributed by atoms with Crippen molar-refractivity contribution in [3.63, 3.8) is 0 Å². The van der Waals surface area contributed by atoms with Crippen LogP contribution in [0.5, 0.6) is 0 Å². The molecule has 1 aliphatic rings. The molecule has 8 heteroatoms. The molecule has 0 aromatic heterocycles. The Kier molecular flexibility index (Phi) is 8.34. The molecule has 0 aliphatic heterocycles. The summed E-state index contributed by atoms with van der Waals surface area (Å²) in [6.45, 7) is 4.24. The second-order valence-corrected chi connectivity index (χ2v) is 8.19. The summed E-state index contributed by atoms with van der Waals surface area (Å²) in [7, 11) is -3.59. The van der Waals surface area contributed by atoms with Crippen LogP contribution in [0.3, 0.4) is 0 Å². The number of carbonyl (C=O) groups excluding carboxylic acids is 1. The van der Waals surface area contributed by atoms with Crippen LogP contribution in [-0.2, 0) is 14.8 Å². The first-order chi connectivity index (χ1) is 11.4. The fraction of sp³-hybridized carbons (Fsp3) is 0.588. The minimum absolute atomic E-state index is 0. The first-order valence-corrected chi connectivity index (χ1v) is 9.99. The van der Waals surface area contributed by atoms with Crippen molar-refractivity contribution in [2.75, 3.05) is 11.9 Å². The number of hydrogen-bond acceptors (Lipinski definition) is 4. The third kappa shape index (κ3) is 5.67. The molecule has 6 nitrogen and oxygen atoms in total. The topological polar surface area (TPSA) is 101 Å². The van der Waals surface area contributed by atoms with Crippen LogP contribution in [0, 0.1) is 11.8 Å². The van der Waals surface area contributed by atoms with Crippen molar-refractivity contribution in [1.82, 2.24) is 4.72 Å². The van der Waals surface area contributed by atoms with Gasteiger partial charge in [0.2, 0.25) is 15.9 Å². The molecule has 1 aliphatic carbocycles. The largest absolute Gasteiger partial charge is 0.330 e. The number of nitrogens with one attached hydrogen (secondary N) is 2. The fourth-order valence-corrected chi connectivity index (χ4v) is 4.43. The van der Waals surface area contributed by atoms with Gasteiger partial charge in [0.15, 0.2) is 0 Å². The first-order valence-electron chi connectivity index (χ1n) is 8.50. The quantitative estimate of drug-likeness (QED) is 0.666. The zero-order valence-electron chi connectivity index (χ0n) is 14.7. The van der Waals surface area contributed by atoms with Crippen LogP contribution >= 0.6 is 12.4 Å². The minimum atomic E-state index is -3.59. The molecular weight excluding hydrogens is 362 g/mol. The summed E-state index contributed by atoms with van der Waals surface area (Å²) in [5, 5.41) is 2.84. The van der Waals surface area contributed by atoms with E-state index in [9.17, 15) is 13.2 Å². The van der Waals surface area contributed by atoms with E-state index in [1.54, 1.807) is 12.1 Å². The lowest BCUT2D eigenvalue weighted by molar-refractivity contribution is -0.120. The van der Waals surface area contributed by atoms with Gasteiger partial charge in [0, 0.05) is 17.6 Å². The SMILES string of the molecule is CCC(C)NS(=O)(=O)c1cccc(NC(=O)[C@@H]2CCC[C@@H]2CN)c1.Cl. The molecule has 1 aromatic rings. The van der Waals surface area contributed by atoms with Crippen molar-refractivity contribution in [1.29, 1.82) is 0 Å². The van der Waals surface area contributed by atoms with E-state index >= 15 is 0 Å². The van der Waals surface area contributed by atoms with Crippen molar-refractivity contribution < 1.29 is 13.2 Å². The summed E-state index contributed by atoms with van der Waals surface area (Å²) >= 11 is 0. The average Bonchev–Trinajstić information content (AvgIpc) is 3.03. The van der Waals surface area contributed by atoms with Gasteiger partial charge in [0.1, 0.15) is 0 Å². The number of carbonyl (C=O) groups is 1. The van der Waals surface area contributed by atoms with Gasteiger partial charge in [-0.1, -0.05) is 19.4 Å². The van der Waals surface area contributed by atoms with E-state index in [0.29, 0.717) is 18.7 Å². The van der Waals surface area contributed by atoms with E-state index in [1.807, 2.05) is 13.8 Å². The average molecular weight is 390 g/mol. The molecule has 25 heavy (non-hydrogen) atoms. The molecule has 1 saturated carbocycles. The highest BCUT2D eigenvalue weighted by Crippen LogP contribution is 2.32. The predicted molar refractivity (Wildman–Crippen MR) is 102 cm³/mol. The number of sulfonamides is 1. The highest BCUT2D eigenvalue weighted by molar-refractivity contribution is 7.89. The molecule has 1 fully saturated rings. The third-order valence-electron chi connectivity index (χ3n) is 4.68. The normalized spacial score (nSPS) is 21.4. The summed E-state index contributed by atoms with van der Waals surface area (Å²) in [5.74, 6) is 0.0462. The van der Waals surface area contributed by atoms with Crippen molar-refractivity contribution in [3.05, 3.63) is 24.3 Å². The van der Waals surface area contributed by atoms with E-state index < -0.39 is 10.0 Å². The molecule has 3 atom stereocenters. The standard InChI is InChI=1S/C17H27N3O3S.ClH/c1-3-12(2)20-24(22,23)15-8-5-7-14(10-15)19-17(21)16-9-4-6-13(16)11-18;/h5,7-8,10,12-13,16,20H,3-4,6,9,11,18H2,1-2H3,(H,19,21);1H/t12?,13-,16-;/m1./s1. The molecule has 0 spiro atoms. The number of anilines is 1. The van der Waals surface area contributed by atoms with E-state index in [2.05, 4.69) is 10.0 Å². The number of amides is 1. The zero-order chi connectivity index (χ0) is 17.7. The molecule has 0 saturated heterocycles. The van der Waals surface area contributed by atoms with Gasteiger partial charge in [-0.05, 0) is 56.8 Å². The van der Waals surface area contributed by atoms with Crippen LogP contribution < -0.4 is 15.8 Å². The van der Waals surface area contributed by atoms with E-state index in [4.69, 9.17) is 5.73 Å². The van der Waals surface area contributed by atoms with Gasteiger partial charge >= 0.3 is 0 Å². The maximum Gasteiger partial charge on any atom is 0.240 e. The maximum atomic E-state index is 12.4. The smallest absolute Gasteiger partial charge is 0.240 e. The number of hydrogen-bond donors (Lipinski definition) is 3. The highest BCUT2D eigenvalue weighted by Gasteiger charge is 2.32. The summed E-state index contributed by atoms with van der Waals surface area (Å²) in [6.07, 6.45) is 3.52. The van der Waals surface area contributed by atoms with Crippen molar-refractivity contribution >= 4 is 34.0 Å². The summed E-state index contributed by atoms with van der Waals surface area (Å²) < 4.78 is 27.3. The van der Waals surface area contributed by atoms with Gasteiger partial charge in [-0.25, -0.2) is 13.1 Å². The molecule has 1 aromatic carbocycles. The van der Waals surface area contributed by atoms with E-state index in [-0.39, 0.29) is 41.1 Å². The molecule has 1 unspecified atom stereocenters. The highest BCUT2D eigenvalue weighted by atomic mass is 35.5. The molecule has 0 bridgehead atoms. The first kappa shape index (κ1) is 21.9. The Bertz CT molecular complexity index is 681. The summed E-state index contributed by atoms with van der Waals surface area (Å²) in [6, 6.07) is 6.22. The molecule has 1 amide bonds. The molecule has 0 radical (unpaired) electrons. The Hall–Kier alpha value is -1.15. The Morgan fingerprint density at radius 1 is 1.36 bits per heavy atom. The number of halogens is 1. The van der Waals surface area contributed by atoms with Crippen molar-refractivity contribution in [2.24, 2.45) is 17.6 Å². The fourth-order valence-electron chi connectivity index (χ4n) is 3.06. The van der Waals surface area contributed by atoms with Crippen molar-refractivity contribution in [2.45, 2.75) is 50.5 Å². The van der Waals surface area contributed by atoms with Crippen LogP contribution in [-0.4, -0.2) is 26.9 Å². The molecular formula is C17H28ClN3O3S. The molecule has 2 rings (SSSR count). The molecule has 142 valence electrons. The van der Waals surface area contributed by atoms with Crippen LogP contribution in [0.15, 0.2) is 29.2 Å². The predicted octanol–water partition coefficient (Wildman–Crippen LogP) is 2.50. The number of benzene rings is 1. The van der Waals surface area contributed by atoms with Crippen molar-refractivity contribution in [3.8, 4) is 0 Å². The molecule has 4 N–H and O–H groups in total. The van der Waals surface area contributed by atoms with Gasteiger partial charge < -0.3 is 11.1 Å². The number of rotatable bonds is 7. The molecule has 0 heterocycles. The van der Waals surface area contributed by atoms with Gasteiger partial charge in [-0.15, -0.1) is 12.4 Å². The zero-order valence-corrected chi connectivity index (χ0v) is 16.3.